The molecule has 1 aliphatic carbocycles. The zero-order chi connectivity index (χ0) is 34.1. The Labute approximate surface area is 280 Å². The molecule has 2 amide bonds. The van der Waals surface area contributed by atoms with Crippen molar-refractivity contribution in [3.8, 4) is 11.1 Å². The molecule has 3 aromatic carbocycles. The number of hydrogen-bond donors (Lipinski definition) is 2. The third-order valence-corrected chi connectivity index (χ3v) is 9.21. The molecule has 247 valence electrons. The summed E-state index contributed by atoms with van der Waals surface area (Å²) in [6.45, 7) is 5.43. The number of fused-ring (bicyclic) bond motifs is 3. The minimum absolute atomic E-state index is 0.00307. The standard InChI is InChI=1S/C35H38AsN2O9/c1-35(2,3)47-33(42)36-18-10-15-28(30(39)37-29-19-21(31(40)44-4)16-17-26(29)32(41)45-5)38-34(43)46-20-27-24-13-8-6-11-22(24)23-12-7-9-14-25(23)27/h6-9,11-14,16-17,19,27-28H,10,15,18,20H2,1-5H3,(H,37,39)(H,38,43). The van der Waals surface area contributed by atoms with E-state index < -0.39 is 51.3 Å². The summed E-state index contributed by atoms with van der Waals surface area (Å²) in [4.78, 5) is 63.7. The van der Waals surface area contributed by atoms with Crippen LogP contribution in [0.1, 0.15) is 71.4 Å². The van der Waals surface area contributed by atoms with Crippen LogP contribution in [0.5, 0.6) is 0 Å². The first-order chi connectivity index (χ1) is 22.4. The fourth-order valence-corrected chi connectivity index (χ4v) is 7.02. The number of hydrogen-bond acceptors (Lipinski definition) is 9. The number of nitrogens with one attached hydrogen (secondary N) is 2. The second-order valence-electron chi connectivity index (χ2n) is 11.8. The van der Waals surface area contributed by atoms with Crippen LogP contribution in [0.4, 0.5) is 15.3 Å². The third kappa shape index (κ3) is 9.22. The first-order valence-corrected chi connectivity index (χ1v) is 17.3. The summed E-state index contributed by atoms with van der Waals surface area (Å²) in [5.74, 6) is -2.24. The van der Waals surface area contributed by atoms with Gasteiger partial charge in [-0.05, 0) is 0 Å². The molecule has 3 aromatic rings. The van der Waals surface area contributed by atoms with E-state index in [0.717, 1.165) is 22.3 Å². The molecule has 0 heterocycles. The average Bonchev–Trinajstić information content (AvgIpc) is 3.37. The van der Waals surface area contributed by atoms with Crippen molar-refractivity contribution in [3.63, 3.8) is 0 Å². The van der Waals surface area contributed by atoms with Crippen molar-refractivity contribution in [2.45, 2.75) is 56.4 Å². The molecule has 0 fully saturated rings. The van der Waals surface area contributed by atoms with Gasteiger partial charge in [-0.2, -0.15) is 0 Å². The van der Waals surface area contributed by atoms with Gasteiger partial charge >= 0.3 is 269 Å². The van der Waals surface area contributed by atoms with Gasteiger partial charge in [0.1, 0.15) is 0 Å². The molecule has 1 unspecified atom stereocenters. The van der Waals surface area contributed by atoms with Gasteiger partial charge in [0.15, 0.2) is 0 Å². The van der Waals surface area contributed by atoms with Crippen molar-refractivity contribution < 1.29 is 42.9 Å². The number of amides is 2. The quantitative estimate of drug-likeness (QED) is 0.101. The summed E-state index contributed by atoms with van der Waals surface area (Å²) < 4.78 is 20.4. The molecule has 1 radical (unpaired) electrons. The van der Waals surface area contributed by atoms with E-state index in [-0.39, 0.29) is 40.5 Å². The zero-order valence-electron chi connectivity index (χ0n) is 27.0. The molecule has 0 aliphatic heterocycles. The predicted molar refractivity (Wildman–Crippen MR) is 176 cm³/mol. The molecular formula is C35H38AsN2O9. The molecule has 2 N–H and O–H groups in total. The maximum atomic E-state index is 13.6. The Morgan fingerprint density at radius 2 is 1.47 bits per heavy atom. The molecule has 4 rings (SSSR count). The molecule has 0 spiro atoms. The number of alkyl carbamates (subject to hydrolysis) is 1. The molecule has 47 heavy (non-hydrogen) atoms. The van der Waals surface area contributed by atoms with Crippen molar-refractivity contribution >= 4 is 50.1 Å². The van der Waals surface area contributed by atoms with Crippen molar-refractivity contribution in [1.82, 2.24) is 5.32 Å². The minimum atomic E-state index is -1.10. The summed E-state index contributed by atoms with van der Waals surface area (Å²) in [6.07, 6.45) is -0.213. The average molecular weight is 706 g/mol. The third-order valence-electron chi connectivity index (χ3n) is 7.34. The number of anilines is 1. The summed E-state index contributed by atoms with van der Waals surface area (Å²) in [6, 6.07) is 18.8. The first kappa shape index (κ1) is 35.2. The van der Waals surface area contributed by atoms with Gasteiger partial charge in [0.05, 0.1) is 0 Å². The van der Waals surface area contributed by atoms with E-state index in [2.05, 4.69) is 10.6 Å². The van der Waals surface area contributed by atoms with Crippen molar-refractivity contribution in [2.24, 2.45) is 0 Å². The van der Waals surface area contributed by atoms with Crippen LogP contribution in [0, 0.1) is 0 Å². The topological polar surface area (TPSA) is 146 Å². The van der Waals surface area contributed by atoms with Gasteiger partial charge in [-0.1, -0.05) is 12.1 Å². The van der Waals surface area contributed by atoms with Gasteiger partial charge in [0, 0.05) is 0 Å². The Bertz CT molecular complexity index is 1600. The van der Waals surface area contributed by atoms with Crippen molar-refractivity contribution in [3.05, 3.63) is 89.0 Å². The molecule has 0 saturated heterocycles. The molecule has 0 bridgehead atoms. The maximum absolute atomic E-state index is 13.6. The molecule has 12 heteroatoms. The zero-order valence-corrected chi connectivity index (χ0v) is 28.8. The van der Waals surface area contributed by atoms with Crippen LogP contribution in [-0.2, 0) is 23.7 Å². The normalized spacial score (nSPS) is 12.9. The number of ether oxygens (including phenoxy) is 4. The monoisotopic (exact) mass is 705 g/mol. The summed E-state index contributed by atoms with van der Waals surface area (Å²) in [5.41, 5.74) is 3.75. The van der Waals surface area contributed by atoms with Crippen LogP contribution < -0.4 is 10.6 Å². The fraction of sp³-hybridized carbons (Fsp3) is 0.343. The Morgan fingerprint density at radius 1 is 0.851 bits per heavy atom. The SMILES string of the molecule is COC(=O)c1ccc(C(=O)OC)c(NC(=O)C(CCC[As]C(=O)OC(C)(C)C)NC(=O)OCC2c3ccccc3-c3ccccc32)c1. The van der Waals surface area contributed by atoms with Crippen LogP contribution in [0.15, 0.2) is 66.7 Å². The number of benzene rings is 3. The Hall–Kier alpha value is -4.63. The summed E-state index contributed by atoms with van der Waals surface area (Å²) in [5, 5.41) is 5.81. The molecule has 0 aromatic heterocycles. The van der Waals surface area contributed by atoms with E-state index in [9.17, 15) is 24.0 Å². The molecule has 1 aliphatic rings. The van der Waals surface area contributed by atoms with Crippen LogP contribution in [0.3, 0.4) is 0 Å². The van der Waals surface area contributed by atoms with Crippen LogP contribution in [-0.4, -0.2) is 76.9 Å². The van der Waals surface area contributed by atoms with E-state index in [1.807, 2.05) is 48.5 Å². The Balaban J connectivity index is 1.49. The van der Waals surface area contributed by atoms with E-state index in [0.29, 0.717) is 11.6 Å². The molecular weight excluding hydrogens is 667 g/mol. The number of esters is 2. The second-order valence-corrected chi connectivity index (χ2v) is 14.1. The first-order valence-electron chi connectivity index (χ1n) is 15.1. The number of rotatable bonds is 12. The van der Waals surface area contributed by atoms with Gasteiger partial charge in [-0.15, -0.1) is 0 Å². The number of methoxy groups -OCH3 is 2. The molecule has 11 nitrogen and oxygen atoms in total. The fourth-order valence-electron chi connectivity index (χ4n) is 5.21. The van der Waals surface area contributed by atoms with Gasteiger partial charge in [0.25, 0.3) is 0 Å². The Morgan fingerprint density at radius 3 is 2.06 bits per heavy atom. The second kappa shape index (κ2) is 15.8. The van der Waals surface area contributed by atoms with E-state index in [1.54, 1.807) is 20.8 Å². The number of carbonyl (C=O) groups is 5. The predicted octanol–water partition coefficient (Wildman–Crippen LogP) is 5.94. The van der Waals surface area contributed by atoms with E-state index in [4.69, 9.17) is 18.9 Å². The van der Waals surface area contributed by atoms with Gasteiger partial charge in [-0.3, -0.25) is 0 Å². The molecule has 1 atom stereocenters. The van der Waals surface area contributed by atoms with Crippen LogP contribution in [0.2, 0.25) is 5.21 Å². The van der Waals surface area contributed by atoms with Crippen molar-refractivity contribution in [1.29, 1.82) is 0 Å². The van der Waals surface area contributed by atoms with Crippen LogP contribution in [0.25, 0.3) is 11.1 Å². The van der Waals surface area contributed by atoms with Gasteiger partial charge in [0.2, 0.25) is 0 Å². The summed E-state index contributed by atoms with van der Waals surface area (Å²) >= 11 is -0.807. The summed E-state index contributed by atoms with van der Waals surface area (Å²) in [7, 11) is 2.40. The van der Waals surface area contributed by atoms with E-state index >= 15 is 0 Å². The number of carbonyl (C=O) groups excluding carboxylic acids is 5. The molecule has 0 saturated carbocycles. The van der Waals surface area contributed by atoms with E-state index in [1.165, 1.54) is 32.4 Å². The van der Waals surface area contributed by atoms with Gasteiger partial charge in [-0.25, -0.2) is 0 Å². The van der Waals surface area contributed by atoms with Gasteiger partial charge < -0.3 is 0 Å². The van der Waals surface area contributed by atoms with Crippen molar-refractivity contribution in [2.75, 3.05) is 26.1 Å². The Kier molecular flexibility index (Phi) is 11.8. The van der Waals surface area contributed by atoms with Crippen LogP contribution >= 0.6 is 0 Å².